The second-order valence-corrected chi connectivity index (χ2v) is 6.29. The van der Waals surface area contributed by atoms with E-state index < -0.39 is 11.2 Å². The number of carbonyl (C=O) groups excluding carboxylic acids is 1. The van der Waals surface area contributed by atoms with Crippen LogP contribution < -0.4 is 11.2 Å². The van der Waals surface area contributed by atoms with Crippen molar-refractivity contribution in [2.24, 2.45) is 14.1 Å². The molecule has 0 unspecified atom stereocenters. The summed E-state index contributed by atoms with van der Waals surface area (Å²) in [5.74, 6) is -0.223. The topological polar surface area (TPSA) is 64.3 Å². The van der Waals surface area contributed by atoms with Gasteiger partial charge in [0.2, 0.25) is 5.91 Å². The van der Waals surface area contributed by atoms with Gasteiger partial charge < -0.3 is 9.47 Å². The van der Waals surface area contributed by atoms with Crippen molar-refractivity contribution in [3.05, 3.63) is 73.7 Å². The van der Waals surface area contributed by atoms with Gasteiger partial charge in [-0.2, -0.15) is 0 Å². The third kappa shape index (κ3) is 3.99. The molecule has 0 aliphatic rings. The van der Waals surface area contributed by atoms with Crippen LogP contribution in [0.5, 0.6) is 0 Å². The molecule has 6 nitrogen and oxygen atoms in total. The molecule has 0 aliphatic carbocycles. The van der Waals surface area contributed by atoms with E-state index in [0.29, 0.717) is 13.1 Å². The normalized spacial score (nSPS) is 10.9. The third-order valence-electron chi connectivity index (χ3n) is 3.47. The van der Waals surface area contributed by atoms with Crippen LogP contribution in [-0.4, -0.2) is 26.5 Å². The number of hydrogen-bond donors (Lipinski definition) is 0. The summed E-state index contributed by atoms with van der Waals surface area (Å²) in [5.41, 5.74) is -0.562. The predicted octanol–water partition coefficient (Wildman–Crippen LogP) is 1.37. The molecule has 0 aromatic carbocycles. The SMILES string of the molecule is C=CCN(Cc1cccs1)C(=O)C=Cc1cn(C)c(=O)n(C)c1=O. The molecule has 0 saturated carbocycles. The monoisotopic (exact) mass is 345 g/mol. The van der Waals surface area contributed by atoms with Crippen LogP contribution >= 0.6 is 11.3 Å². The van der Waals surface area contributed by atoms with Gasteiger partial charge in [-0.25, -0.2) is 4.79 Å². The summed E-state index contributed by atoms with van der Waals surface area (Å²) in [6.07, 6.45) is 5.86. The maximum absolute atomic E-state index is 12.4. The first kappa shape index (κ1) is 17.7. The first-order chi connectivity index (χ1) is 11.4. The van der Waals surface area contributed by atoms with Gasteiger partial charge in [0, 0.05) is 37.8 Å². The molecular formula is C17H19N3O3S. The number of thiophene rings is 1. The van der Waals surface area contributed by atoms with Gasteiger partial charge in [0.05, 0.1) is 12.1 Å². The Hall–Kier alpha value is -2.67. The summed E-state index contributed by atoms with van der Waals surface area (Å²) in [6.45, 7) is 4.56. The zero-order valence-electron chi connectivity index (χ0n) is 13.6. The molecule has 0 aliphatic heterocycles. The van der Waals surface area contributed by atoms with Crippen molar-refractivity contribution in [3.63, 3.8) is 0 Å². The Morgan fingerprint density at radius 1 is 1.38 bits per heavy atom. The summed E-state index contributed by atoms with van der Waals surface area (Å²) in [7, 11) is 2.96. The maximum atomic E-state index is 12.4. The van der Waals surface area contributed by atoms with Crippen molar-refractivity contribution < 1.29 is 4.79 Å². The third-order valence-corrected chi connectivity index (χ3v) is 4.33. The first-order valence-corrected chi connectivity index (χ1v) is 8.19. The fourth-order valence-corrected chi connectivity index (χ4v) is 2.92. The zero-order valence-corrected chi connectivity index (χ0v) is 14.5. The number of rotatable bonds is 6. The van der Waals surface area contributed by atoms with Crippen molar-refractivity contribution in [2.75, 3.05) is 6.54 Å². The Bertz CT molecular complexity index is 875. The van der Waals surface area contributed by atoms with Gasteiger partial charge >= 0.3 is 5.69 Å². The van der Waals surface area contributed by atoms with Crippen LogP contribution in [0, 0.1) is 0 Å². The average Bonchev–Trinajstić information content (AvgIpc) is 3.07. The highest BCUT2D eigenvalue weighted by Gasteiger charge is 2.11. The molecule has 2 aromatic heterocycles. The van der Waals surface area contributed by atoms with Gasteiger partial charge in [0.25, 0.3) is 5.56 Å². The number of carbonyl (C=O) groups is 1. The van der Waals surface area contributed by atoms with Gasteiger partial charge in [-0.15, -0.1) is 17.9 Å². The fourth-order valence-electron chi connectivity index (χ4n) is 2.20. The molecule has 0 fully saturated rings. The molecule has 0 spiro atoms. The van der Waals surface area contributed by atoms with E-state index in [9.17, 15) is 14.4 Å². The lowest BCUT2D eigenvalue weighted by Gasteiger charge is -2.18. The molecule has 0 saturated heterocycles. The van der Waals surface area contributed by atoms with E-state index in [-0.39, 0.29) is 11.5 Å². The molecule has 2 rings (SSSR count). The van der Waals surface area contributed by atoms with E-state index in [2.05, 4.69) is 6.58 Å². The van der Waals surface area contributed by atoms with Gasteiger partial charge in [0.15, 0.2) is 0 Å². The highest BCUT2D eigenvalue weighted by molar-refractivity contribution is 7.09. The summed E-state index contributed by atoms with van der Waals surface area (Å²) >= 11 is 1.57. The highest BCUT2D eigenvalue weighted by Crippen LogP contribution is 2.12. The minimum absolute atomic E-state index is 0.223. The van der Waals surface area contributed by atoms with E-state index in [1.807, 2.05) is 17.5 Å². The number of aryl methyl sites for hydroxylation is 1. The van der Waals surface area contributed by atoms with Crippen molar-refractivity contribution in [3.8, 4) is 0 Å². The number of amides is 1. The standard InChI is InChI=1S/C17H19N3O3S/c1-4-9-20(12-14-6-5-10-24-14)15(21)8-7-13-11-18(2)17(23)19(3)16(13)22/h4-8,10-11H,1,9,12H2,2-3H3. The number of aromatic nitrogens is 2. The molecule has 24 heavy (non-hydrogen) atoms. The minimum Gasteiger partial charge on any atom is -0.330 e. The summed E-state index contributed by atoms with van der Waals surface area (Å²) in [4.78, 5) is 38.8. The Labute approximate surface area is 143 Å². The van der Waals surface area contributed by atoms with Crippen molar-refractivity contribution in [1.29, 1.82) is 0 Å². The Morgan fingerprint density at radius 3 is 2.75 bits per heavy atom. The summed E-state index contributed by atoms with van der Waals surface area (Å²) in [5, 5.41) is 1.95. The minimum atomic E-state index is -0.435. The molecule has 126 valence electrons. The average molecular weight is 345 g/mol. The van der Waals surface area contributed by atoms with Crippen molar-refractivity contribution >= 4 is 23.3 Å². The second-order valence-electron chi connectivity index (χ2n) is 5.26. The Morgan fingerprint density at radius 2 is 2.12 bits per heavy atom. The summed E-state index contributed by atoms with van der Waals surface area (Å²) in [6, 6.07) is 3.89. The van der Waals surface area contributed by atoms with Crippen LogP contribution in [0.25, 0.3) is 6.08 Å². The van der Waals surface area contributed by atoms with Crippen molar-refractivity contribution in [2.45, 2.75) is 6.54 Å². The van der Waals surface area contributed by atoms with E-state index in [0.717, 1.165) is 9.44 Å². The molecular weight excluding hydrogens is 326 g/mol. The quantitative estimate of drug-likeness (QED) is 0.587. The molecule has 0 N–H and O–H groups in total. The molecule has 0 atom stereocenters. The molecule has 1 amide bonds. The molecule has 7 heteroatoms. The van der Waals surface area contributed by atoms with Gasteiger partial charge in [-0.3, -0.25) is 14.2 Å². The molecule has 2 aromatic rings. The van der Waals surface area contributed by atoms with Crippen LogP contribution in [-0.2, 0) is 25.4 Å². The molecule has 0 radical (unpaired) electrons. The smallest absolute Gasteiger partial charge is 0.330 e. The van der Waals surface area contributed by atoms with Crippen LogP contribution in [0.15, 0.2) is 52.0 Å². The number of hydrogen-bond acceptors (Lipinski definition) is 4. The van der Waals surface area contributed by atoms with Crippen LogP contribution in [0.2, 0.25) is 0 Å². The van der Waals surface area contributed by atoms with E-state index >= 15 is 0 Å². The predicted molar refractivity (Wildman–Crippen MR) is 95.9 cm³/mol. The number of nitrogens with zero attached hydrogens (tertiary/aromatic N) is 3. The van der Waals surface area contributed by atoms with E-state index in [1.165, 1.54) is 30.0 Å². The van der Waals surface area contributed by atoms with Gasteiger partial charge in [0.1, 0.15) is 0 Å². The van der Waals surface area contributed by atoms with Crippen molar-refractivity contribution in [1.82, 2.24) is 14.0 Å². The molecule has 2 heterocycles. The van der Waals surface area contributed by atoms with Gasteiger partial charge in [-0.05, 0) is 17.5 Å². The maximum Gasteiger partial charge on any atom is 0.330 e. The molecule has 0 bridgehead atoms. The highest BCUT2D eigenvalue weighted by atomic mass is 32.1. The Balaban J connectivity index is 2.23. The van der Waals surface area contributed by atoms with Gasteiger partial charge in [-0.1, -0.05) is 12.1 Å². The van der Waals surface area contributed by atoms with Crippen LogP contribution in [0.1, 0.15) is 10.4 Å². The fraction of sp³-hybridized carbons (Fsp3) is 0.235. The second kappa shape index (κ2) is 7.74. The summed E-state index contributed by atoms with van der Waals surface area (Å²) < 4.78 is 2.32. The zero-order chi connectivity index (χ0) is 17.7. The Kier molecular flexibility index (Phi) is 5.70. The van der Waals surface area contributed by atoms with Crippen LogP contribution in [0.3, 0.4) is 0 Å². The van der Waals surface area contributed by atoms with E-state index in [1.54, 1.807) is 29.4 Å². The lowest BCUT2D eigenvalue weighted by atomic mass is 10.2. The van der Waals surface area contributed by atoms with E-state index in [4.69, 9.17) is 0 Å². The largest absolute Gasteiger partial charge is 0.330 e. The first-order valence-electron chi connectivity index (χ1n) is 7.31. The lowest BCUT2D eigenvalue weighted by molar-refractivity contribution is -0.126. The lowest BCUT2D eigenvalue weighted by Crippen LogP contribution is -2.37. The van der Waals surface area contributed by atoms with Crippen LogP contribution in [0.4, 0.5) is 0 Å².